The van der Waals surface area contributed by atoms with E-state index in [0.717, 1.165) is 24.0 Å². The molecule has 1 aliphatic rings. The van der Waals surface area contributed by atoms with Crippen LogP contribution in [-0.2, 0) is 0 Å². The summed E-state index contributed by atoms with van der Waals surface area (Å²) in [6, 6.07) is 11.1. The third kappa shape index (κ3) is 6.00. The number of ether oxygens (including phenoxy) is 1. The van der Waals surface area contributed by atoms with E-state index in [0.29, 0.717) is 28.2 Å². The first kappa shape index (κ1) is 26.5. The van der Waals surface area contributed by atoms with Crippen LogP contribution in [0.25, 0.3) is 16.9 Å². The van der Waals surface area contributed by atoms with Crippen molar-refractivity contribution in [1.82, 2.24) is 14.7 Å². The lowest BCUT2D eigenvalue weighted by Crippen LogP contribution is -2.34. The molecule has 2 heterocycles. The number of carbonyl (C=O) groups is 1. The molecule has 6 nitrogen and oxygen atoms in total. The average Bonchev–Trinajstić information content (AvgIpc) is 3.41. The minimum Gasteiger partial charge on any atom is -0.455 e. The number of aryl methyl sites for hydroxylation is 2. The molecule has 1 amide bonds. The van der Waals surface area contributed by atoms with Crippen LogP contribution in [0.3, 0.4) is 0 Å². The second-order valence-electron chi connectivity index (χ2n) is 10.3. The smallest absolute Gasteiger partial charge is 0.390 e. The van der Waals surface area contributed by atoms with Gasteiger partial charge in [-0.15, -0.1) is 0 Å². The first-order valence-corrected chi connectivity index (χ1v) is 12.6. The van der Waals surface area contributed by atoms with Crippen molar-refractivity contribution < 1.29 is 27.1 Å². The van der Waals surface area contributed by atoms with Crippen LogP contribution in [0.1, 0.15) is 47.7 Å². The van der Waals surface area contributed by atoms with Crippen molar-refractivity contribution in [2.45, 2.75) is 51.7 Å². The maximum absolute atomic E-state index is 13.9. The highest BCUT2D eigenvalue weighted by Crippen LogP contribution is 2.36. The maximum atomic E-state index is 13.9. The summed E-state index contributed by atoms with van der Waals surface area (Å²) in [6.45, 7) is 5.27. The number of nitrogens with one attached hydrogen (secondary N) is 2. The molecule has 1 fully saturated rings. The van der Waals surface area contributed by atoms with E-state index in [1.807, 2.05) is 26.0 Å². The van der Waals surface area contributed by atoms with Gasteiger partial charge in [-0.2, -0.15) is 13.2 Å². The molecule has 2 aromatic heterocycles. The van der Waals surface area contributed by atoms with Crippen molar-refractivity contribution in [2.75, 3.05) is 11.9 Å². The van der Waals surface area contributed by atoms with Gasteiger partial charge in [0.25, 0.3) is 5.91 Å². The number of aromatic nitrogens is 2. The lowest BCUT2D eigenvalue weighted by atomic mass is 10.0. The third-order valence-corrected chi connectivity index (χ3v) is 6.86. The van der Waals surface area contributed by atoms with Gasteiger partial charge in [-0.05, 0) is 62.9 Å². The van der Waals surface area contributed by atoms with E-state index in [1.54, 1.807) is 41.9 Å². The lowest BCUT2D eigenvalue weighted by Gasteiger charge is -2.15. The molecule has 0 spiro atoms. The molecule has 0 bridgehead atoms. The van der Waals surface area contributed by atoms with E-state index >= 15 is 0 Å². The zero-order chi connectivity index (χ0) is 27.9. The molecule has 39 heavy (non-hydrogen) atoms. The number of hydrogen-bond donors (Lipinski definition) is 2. The fourth-order valence-electron chi connectivity index (χ4n) is 4.34. The van der Waals surface area contributed by atoms with Crippen LogP contribution >= 0.6 is 0 Å². The number of pyridine rings is 1. The minimum atomic E-state index is -4.32. The quantitative estimate of drug-likeness (QED) is 0.232. The number of anilines is 1. The SMILES string of the molecule is Cc1ccc(F)cc1Oc1cc(NCCC(F)(F)F)c2ncc(-c3ccc(C(=O)NC4(C)CC4)c(C)c3)n2c1. The molecule has 2 N–H and O–H groups in total. The molecule has 1 aliphatic carbocycles. The number of fused-ring (bicyclic) bond motifs is 1. The number of alkyl halides is 3. The Balaban J connectivity index is 1.52. The second-order valence-corrected chi connectivity index (χ2v) is 10.3. The third-order valence-electron chi connectivity index (χ3n) is 6.86. The van der Waals surface area contributed by atoms with Gasteiger partial charge < -0.3 is 15.4 Å². The number of amides is 1. The lowest BCUT2D eigenvalue weighted by molar-refractivity contribution is -0.131. The number of hydrogen-bond acceptors (Lipinski definition) is 4. The Morgan fingerprint density at radius 3 is 2.56 bits per heavy atom. The summed E-state index contributed by atoms with van der Waals surface area (Å²) in [7, 11) is 0. The Morgan fingerprint density at radius 1 is 1.10 bits per heavy atom. The Bertz CT molecular complexity index is 1560. The molecule has 0 aliphatic heterocycles. The van der Waals surface area contributed by atoms with E-state index in [2.05, 4.69) is 15.6 Å². The van der Waals surface area contributed by atoms with Crippen LogP contribution in [-0.4, -0.2) is 33.6 Å². The van der Waals surface area contributed by atoms with Crippen LogP contribution in [0, 0.1) is 19.7 Å². The molecular weight excluding hydrogens is 512 g/mol. The number of benzene rings is 2. The first-order chi connectivity index (χ1) is 18.4. The van der Waals surface area contributed by atoms with Crippen LogP contribution < -0.4 is 15.4 Å². The fourth-order valence-corrected chi connectivity index (χ4v) is 4.34. The molecule has 10 heteroatoms. The van der Waals surface area contributed by atoms with Crippen molar-refractivity contribution in [3.05, 3.63) is 77.4 Å². The molecule has 204 valence electrons. The van der Waals surface area contributed by atoms with Gasteiger partial charge in [0, 0.05) is 35.3 Å². The van der Waals surface area contributed by atoms with Gasteiger partial charge in [0.1, 0.15) is 17.3 Å². The van der Waals surface area contributed by atoms with Crippen molar-refractivity contribution >= 4 is 17.2 Å². The summed E-state index contributed by atoms with van der Waals surface area (Å²) in [6.07, 6.45) is -0.170. The predicted molar refractivity (Wildman–Crippen MR) is 141 cm³/mol. The van der Waals surface area contributed by atoms with Gasteiger partial charge in [-0.3, -0.25) is 9.20 Å². The number of carbonyl (C=O) groups excluding carboxylic acids is 1. The van der Waals surface area contributed by atoms with E-state index in [-0.39, 0.29) is 29.5 Å². The zero-order valence-corrected chi connectivity index (χ0v) is 21.7. The van der Waals surface area contributed by atoms with E-state index in [9.17, 15) is 22.4 Å². The largest absolute Gasteiger partial charge is 0.455 e. The van der Waals surface area contributed by atoms with Gasteiger partial charge >= 0.3 is 6.18 Å². The minimum absolute atomic E-state index is 0.130. The molecule has 0 radical (unpaired) electrons. The highest BCUT2D eigenvalue weighted by molar-refractivity contribution is 5.97. The Morgan fingerprint density at radius 2 is 1.87 bits per heavy atom. The molecule has 0 unspecified atom stereocenters. The summed E-state index contributed by atoms with van der Waals surface area (Å²) in [5.74, 6) is -0.0310. The molecule has 5 rings (SSSR count). The predicted octanol–water partition coefficient (Wildman–Crippen LogP) is 7.20. The summed E-state index contributed by atoms with van der Waals surface area (Å²) in [5, 5.41) is 5.87. The van der Waals surface area contributed by atoms with Crippen molar-refractivity contribution in [1.29, 1.82) is 0 Å². The number of nitrogens with zero attached hydrogens (tertiary/aromatic N) is 2. The summed E-state index contributed by atoms with van der Waals surface area (Å²) >= 11 is 0. The molecule has 0 saturated heterocycles. The second kappa shape index (κ2) is 9.91. The highest BCUT2D eigenvalue weighted by Gasteiger charge is 2.39. The molecule has 4 aromatic rings. The van der Waals surface area contributed by atoms with E-state index in [1.165, 1.54) is 12.1 Å². The van der Waals surface area contributed by atoms with E-state index in [4.69, 9.17) is 4.74 Å². The van der Waals surface area contributed by atoms with Gasteiger partial charge in [-0.1, -0.05) is 12.1 Å². The zero-order valence-electron chi connectivity index (χ0n) is 21.7. The van der Waals surface area contributed by atoms with Gasteiger partial charge in [0.05, 0.1) is 30.2 Å². The fraction of sp³-hybridized carbons (Fsp3) is 0.310. The Hall–Kier alpha value is -4.08. The van der Waals surface area contributed by atoms with Crippen LogP contribution in [0.2, 0.25) is 0 Å². The average molecular weight is 541 g/mol. The highest BCUT2D eigenvalue weighted by atomic mass is 19.4. The Kier molecular flexibility index (Phi) is 6.74. The van der Waals surface area contributed by atoms with Gasteiger partial charge in [-0.25, -0.2) is 9.37 Å². The summed E-state index contributed by atoms with van der Waals surface area (Å²) in [4.78, 5) is 17.2. The molecular formula is C29H28F4N4O2. The van der Waals surface area contributed by atoms with Gasteiger partial charge in [0.2, 0.25) is 0 Å². The number of halogens is 4. The Labute approximate surface area is 223 Å². The van der Waals surface area contributed by atoms with Crippen molar-refractivity contribution in [3.8, 4) is 22.8 Å². The molecule has 2 aromatic carbocycles. The van der Waals surface area contributed by atoms with Crippen LogP contribution in [0.15, 0.2) is 54.9 Å². The van der Waals surface area contributed by atoms with Crippen molar-refractivity contribution in [3.63, 3.8) is 0 Å². The molecule has 0 atom stereocenters. The van der Waals surface area contributed by atoms with Crippen LogP contribution in [0.4, 0.5) is 23.2 Å². The van der Waals surface area contributed by atoms with Gasteiger partial charge in [0.15, 0.2) is 5.65 Å². The summed E-state index contributed by atoms with van der Waals surface area (Å²) < 4.78 is 60.0. The normalized spacial score (nSPS) is 14.3. The topological polar surface area (TPSA) is 67.7 Å². The maximum Gasteiger partial charge on any atom is 0.390 e. The number of rotatable bonds is 8. The monoisotopic (exact) mass is 540 g/mol. The standard InChI is InChI=1S/C29H28F4N4O2/c1-17-4-6-20(30)13-25(17)39-21-14-23(34-11-10-29(31,32)33)26-35-15-24(37(26)16-21)19-5-7-22(18(2)12-19)27(38)36-28(3)8-9-28/h4-7,12-16,34H,8-11H2,1-3H3,(H,36,38). The summed E-state index contributed by atoms with van der Waals surface area (Å²) in [5.41, 5.74) is 4.04. The van der Waals surface area contributed by atoms with E-state index < -0.39 is 18.4 Å². The first-order valence-electron chi connectivity index (χ1n) is 12.6. The van der Waals surface area contributed by atoms with Crippen LogP contribution in [0.5, 0.6) is 11.5 Å². The number of imidazole rings is 1. The van der Waals surface area contributed by atoms with Crippen molar-refractivity contribution in [2.24, 2.45) is 0 Å². The molecule has 1 saturated carbocycles.